The third-order valence-corrected chi connectivity index (χ3v) is 3.88. The summed E-state index contributed by atoms with van der Waals surface area (Å²) in [4.78, 5) is 8.91. The molecule has 2 aromatic rings. The van der Waals surface area contributed by atoms with Crippen LogP contribution in [-0.4, -0.2) is 9.97 Å². The number of nitrogens with two attached hydrogens (primary N) is 1. The molecule has 0 unspecified atom stereocenters. The van der Waals surface area contributed by atoms with Crippen LogP contribution in [0.2, 0.25) is 10.0 Å². The van der Waals surface area contributed by atoms with Gasteiger partial charge in [-0.3, -0.25) is 0 Å². The number of benzene rings is 1. The van der Waals surface area contributed by atoms with E-state index >= 15 is 0 Å². The van der Waals surface area contributed by atoms with Crippen molar-refractivity contribution in [1.82, 2.24) is 9.97 Å². The first-order valence-electron chi connectivity index (χ1n) is 6.40. The van der Waals surface area contributed by atoms with Crippen LogP contribution in [0.25, 0.3) is 0 Å². The number of anilines is 3. The van der Waals surface area contributed by atoms with Gasteiger partial charge in [-0.15, -0.1) is 0 Å². The molecule has 3 N–H and O–H groups in total. The minimum atomic E-state index is 0.444. The lowest BCUT2D eigenvalue weighted by molar-refractivity contribution is 0.928. The van der Waals surface area contributed by atoms with E-state index in [2.05, 4.69) is 15.3 Å². The van der Waals surface area contributed by atoms with Crippen LogP contribution in [0.15, 0.2) is 18.2 Å². The molecule has 0 radical (unpaired) electrons. The Hall–Kier alpha value is -1.52. The third kappa shape index (κ3) is 2.67. The largest absolute Gasteiger partial charge is 0.383 e. The van der Waals surface area contributed by atoms with E-state index in [1.165, 1.54) is 0 Å². The average Bonchev–Trinajstić information content (AvgIpc) is 3.22. The van der Waals surface area contributed by atoms with Gasteiger partial charge >= 0.3 is 0 Å². The molecular weight excluding hydrogens is 295 g/mol. The molecule has 4 nitrogen and oxygen atoms in total. The van der Waals surface area contributed by atoms with E-state index in [0.717, 1.165) is 29.9 Å². The molecule has 0 aliphatic heterocycles. The first kappa shape index (κ1) is 13.5. The number of hydrogen-bond donors (Lipinski definition) is 2. The fourth-order valence-electron chi connectivity index (χ4n) is 1.92. The molecule has 3 rings (SSSR count). The van der Waals surface area contributed by atoms with Crippen molar-refractivity contribution < 1.29 is 0 Å². The molecule has 1 aromatic carbocycles. The lowest BCUT2D eigenvalue weighted by Crippen LogP contribution is -2.06. The van der Waals surface area contributed by atoms with Crippen molar-refractivity contribution in [3.8, 4) is 0 Å². The first-order chi connectivity index (χ1) is 9.54. The zero-order valence-electron chi connectivity index (χ0n) is 11.0. The van der Waals surface area contributed by atoms with E-state index in [1.807, 2.05) is 13.0 Å². The van der Waals surface area contributed by atoms with Gasteiger partial charge in [0, 0.05) is 16.5 Å². The Labute approximate surface area is 127 Å². The Morgan fingerprint density at radius 2 is 2.00 bits per heavy atom. The number of aromatic nitrogens is 2. The topological polar surface area (TPSA) is 63.8 Å². The van der Waals surface area contributed by atoms with Crippen LogP contribution < -0.4 is 11.1 Å². The fraction of sp³-hybridized carbons (Fsp3) is 0.286. The van der Waals surface area contributed by atoms with Gasteiger partial charge in [0.15, 0.2) is 0 Å². The van der Waals surface area contributed by atoms with Gasteiger partial charge in [-0.25, -0.2) is 9.97 Å². The van der Waals surface area contributed by atoms with E-state index in [-0.39, 0.29) is 0 Å². The molecule has 0 atom stereocenters. The lowest BCUT2D eigenvalue weighted by atomic mass is 10.2. The maximum absolute atomic E-state index is 6.16. The van der Waals surface area contributed by atoms with Crippen molar-refractivity contribution >= 4 is 40.5 Å². The summed E-state index contributed by atoms with van der Waals surface area (Å²) in [5.74, 6) is 2.46. The van der Waals surface area contributed by atoms with Crippen molar-refractivity contribution in [3.05, 3.63) is 39.6 Å². The molecule has 1 saturated carbocycles. The summed E-state index contributed by atoms with van der Waals surface area (Å²) in [5, 5.41) is 4.35. The standard InChI is InChI=1S/C14H14Cl2N4/c1-7-12(17)19-14(8-2-3-8)20-13(7)18-11-5-4-9(15)6-10(11)16/h4-6,8H,2-3H2,1H3,(H3,17,18,19,20). The molecule has 20 heavy (non-hydrogen) atoms. The number of nitrogens with one attached hydrogen (secondary N) is 1. The molecule has 104 valence electrons. The van der Waals surface area contributed by atoms with Gasteiger partial charge in [-0.1, -0.05) is 23.2 Å². The van der Waals surface area contributed by atoms with Crippen LogP contribution in [0, 0.1) is 6.92 Å². The lowest BCUT2D eigenvalue weighted by Gasteiger charge is -2.13. The normalized spacial score (nSPS) is 14.3. The predicted octanol–water partition coefficient (Wildman–Crippen LogP) is 4.30. The molecule has 6 heteroatoms. The van der Waals surface area contributed by atoms with Crippen molar-refractivity contribution in [2.75, 3.05) is 11.1 Å². The van der Waals surface area contributed by atoms with Crippen LogP contribution in [-0.2, 0) is 0 Å². The molecular formula is C14H14Cl2N4. The molecule has 1 aliphatic rings. The Morgan fingerprint density at radius 3 is 2.65 bits per heavy atom. The molecule has 0 spiro atoms. The van der Waals surface area contributed by atoms with Crippen molar-refractivity contribution in [2.24, 2.45) is 0 Å². The average molecular weight is 309 g/mol. The Kier molecular flexibility index (Phi) is 3.44. The van der Waals surface area contributed by atoms with Crippen LogP contribution in [0.1, 0.15) is 30.1 Å². The van der Waals surface area contributed by atoms with Crippen molar-refractivity contribution in [1.29, 1.82) is 0 Å². The van der Waals surface area contributed by atoms with E-state index < -0.39 is 0 Å². The van der Waals surface area contributed by atoms with Gasteiger partial charge in [-0.2, -0.15) is 0 Å². The number of hydrogen-bond acceptors (Lipinski definition) is 4. The summed E-state index contributed by atoms with van der Waals surface area (Å²) >= 11 is 12.1. The number of nitrogen functional groups attached to an aromatic ring is 1. The Balaban J connectivity index is 1.97. The number of rotatable bonds is 3. The predicted molar refractivity (Wildman–Crippen MR) is 82.9 cm³/mol. The smallest absolute Gasteiger partial charge is 0.139 e. The first-order valence-corrected chi connectivity index (χ1v) is 7.16. The second kappa shape index (κ2) is 5.11. The highest BCUT2D eigenvalue weighted by Gasteiger charge is 2.28. The van der Waals surface area contributed by atoms with Gasteiger partial charge in [0.25, 0.3) is 0 Å². The fourth-order valence-corrected chi connectivity index (χ4v) is 2.37. The summed E-state index contributed by atoms with van der Waals surface area (Å²) in [6, 6.07) is 5.28. The van der Waals surface area contributed by atoms with Crippen LogP contribution in [0.5, 0.6) is 0 Å². The minimum absolute atomic E-state index is 0.444. The zero-order chi connectivity index (χ0) is 14.3. The van der Waals surface area contributed by atoms with E-state index in [0.29, 0.717) is 27.6 Å². The van der Waals surface area contributed by atoms with Crippen LogP contribution in [0.4, 0.5) is 17.3 Å². The molecule has 0 amide bonds. The molecule has 1 aliphatic carbocycles. The molecule has 1 fully saturated rings. The molecule has 0 bridgehead atoms. The Morgan fingerprint density at radius 1 is 1.25 bits per heavy atom. The second-order valence-corrected chi connectivity index (χ2v) is 5.81. The maximum Gasteiger partial charge on any atom is 0.139 e. The van der Waals surface area contributed by atoms with Gasteiger partial charge in [0.2, 0.25) is 0 Å². The van der Waals surface area contributed by atoms with Gasteiger partial charge in [0.05, 0.1) is 10.7 Å². The van der Waals surface area contributed by atoms with Crippen molar-refractivity contribution in [2.45, 2.75) is 25.7 Å². The van der Waals surface area contributed by atoms with Crippen LogP contribution in [0.3, 0.4) is 0 Å². The van der Waals surface area contributed by atoms with Gasteiger partial charge < -0.3 is 11.1 Å². The monoisotopic (exact) mass is 308 g/mol. The zero-order valence-corrected chi connectivity index (χ0v) is 12.5. The highest BCUT2D eigenvalue weighted by atomic mass is 35.5. The van der Waals surface area contributed by atoms with Crippen molar-refractivity contribution in [3.63, 3.8) is 0 Å². The van der Waals surface area contributed by atoms with E-state index in [1.54, 1.807) is 12.1 Å². The quantitative estimate of drug-likeness (QED) is 0.887. The minimum Gasteiger partial charge on any atom is -0.383 e. The van der Waals surface area contributed by atoms with Gasteiger partial charge in [0.1, 0.15) is 17.5 Å². The summed E-state index contributed by atoms with van der Waals surface area (Å²) in [6.45, 7) is 1.89. The van der Waals surface area contributed by atoms with Crippen LogP contribution >= 0.6 is 23.2 Å². The number of nitrogens with zero attached hydrogens (tertiary/aromatic N) is 2. The third-order valence-electron chi connectivity index (χ3n) is 3.33. The van der Waals surface area contributed by atoms with Gasteiger partial charge in [-0.05, 0) is 38.0 Å². The van der Waals surface area contributed by atoms with E-state index in [4.69, 9.17) is 28.9 Å². The Bertz CT molecular complexity index is 668. The maximum atomic E-state index is 6.16. The summed E-state index contributed by atoms with van der Waals surface area (Å²) in [7, 11) is 0. The van der Waals surface area contributed by atoms with E-state index in [9.17, 15) is 0 Å². The molecule has 1 aromatic heterocycles. The second-order valence-electron chi connectivity index (χ2n) is 4.96. The highest BCUT2D eigenvalue weighted by molar-refractivity contribution is 6.36. The number of halogens is 2. The summed E-state index contributed by atoms with van der Waals surface area (Å²) in [5.41, 5.74) is 7.53. The summed E-state index contributed by atoms with van der Waals surface area (Å²) < 4.78 is 0. The SMILES string of the molecule is Cc1c(N)nc(C2CC2)nc1Nc1ccc(Cl)cc1Cl. The summed E-state index contributed by atoms with van der Waals surface area (Å²) in [6.07, 6.45) is 2.26. The molecule has 0 saturated heterocycles. The molecule has 1 heterocycles. The highest BCUT2D eigenvalue weighted by Crippen LogP contribution is 2.39.